The van der Waals surface area contributed by atoms with Crippen LogP contribution in [0.4, 0.5) is 0 Å². The van der Waals surface area contributed by atoms with Crippen LogP contribution < -0.4 is 5.56 Å². The number of fused-ring (bicyclic) bond motifs is 1. The van der Waals surface area contributed by atoms with Gasteiger partial charge in [-0.25, -0.2) is 4.98 Å². The molecule has 3 rings (SSSR count). The number of amides is 1. The van der Waals surface area contributed by atoms with Gasteiger partial charge in [0, 0.05) is 20.2 Å². The van der Waals surface area contributed by atoms with Gasteiger partial charge in [0.25, 0.3) is 5.56 Å². The lowest BCUT2D eigenvalue weighted by molar-refractivity contribution is -0.131. The number of aromatic nitrogens is 2. The number of ether oxygens (including phenoxy) is 1. The van der Waals surface area contributed by atoms with E-state index < -0.39 is 0 Å². The monoisotopic (exact) mass is 403 g/mol. The summed E-state index contributed by atoms with van der Waals surface area (Å²) < 4.78 is 6.93. The van der Waals surface area contributed by atoms with Crippen LogP contribution in [-0.4, -0.2) is 52.4 Å². The molecule has 7 heteroatoms. The lowest BCUT2D eigenvalue weighted by Crippen LogP contribution is -2.42. The third kappa shape index (κ3) is 4.41. The van der Waals surface area contributed by atoms with Crippen molar-refractivity contribution in [2.24, 2.45) is 5.92 Å². The fraction of sp³-hybridized carbons (Fsp3) is 0.571. The number of hydrogen-bond donors (Lipinski definition) is 0. The van der Waals surface area contributed by atoms with Crippen LogP contribution in [0.2, 0.25) is 0 Å². The van der Waals surface area contributed by atoms with Crippen molar-refractivity contribution in [1.82, 2.24) is 14.5 Å². The third-order valence-corrected chi connectivity index (χ3v) is 6.40. The van der Waals surface area contributed by atoms with E-state index in [9.17, 15) is 9.59 Å². The number of hydrogen-bond acceptors (Lipinski definition) is 5. The average molecular weight is 404 g/mol. The molecule has 2 heterocycles. The molecular formula is C21H29N3O3S. The van der Waals surface area contributed by atoms with Crippen LogP contribution >= 0.6 is 11.8 Å². The lowest BCUT2D eigenvalue weighted by atomic mass is 9.99. The minimum atomic E-state index is -0.303. The third-order valence-electron chi connectivity index (χ3n) is 5.35. The maximum Gasteiger partial charge on any atom is 0.262 e. The number of piperidine rings is 1. The molecule has 1 aromatic carbocycles. The van der Waals surface area contributed by atoms with E-state index in [0.29, 0.717) is 28.6 Å². The minimum Gasteiger partial charge on any atom is -0.383 e. The van der Waals surface area contributed by atoms with E-state index in [4.69, 9.17) is 9.72 Å². The summed E-state index contributed by atoms with van der Waals surface area (Å²) in [5.74, 6) is 0.791. The highest BCUT2D eigenvalue weighted by atomic mass is 32.2. The molecule has 0 radical (unpaired) electrons. The number of para-hydroxylation sites is 1. The summed E-state index contributed by atoms with van der Waals surface area (Å²) in [5.41, 5.74) is 0.561. The molecule has 0 bridgehead atoms. The normalized spacial score (nSPS) is 17.6. The molecule has 2 unspecified atom stereocenters. The quantitative estimate of drug-likeness (QED) is 0.547. The summed E-state index contributed by atoms with van der Waals surface area (Å²) in [7, 11) is 1.62. The summed E-state index contributed by atoms with van der Waals surface area (Å²) in [6, 6.07) is 7.17. The average Bonchev–Trinajstić information content (AvgIpc) is 2.68. The molecule has 0 aliphatic carbocycles. The van der Waals surface area contributed by atoms with Gasteiger partial charge in [-0.15, -0.1) is 0 Å². The van der Waals surface area contributed by atoms with Crippen LogP contribution in [0.5, 0.6) is 0 Å². The van der Waals surface area contributed by atoms with Gasteiger partial charge in [0.15, 0.2) is 5.16 Å². The standard InChI is InChI=1S/C21H29N3O3S/c1-14-9-11-23(12-10-14)19(25)16(3)28-21-22-18-8-6-5-7-17(18)20(26)24(21)15(2)13-27-4/h5-8,14-16H,9-13H2,1-4H3. The predicted octanol–water partition coefficient (Wildman–Crippen LogP) is 3.34. The maximum absolute atomic E-state index is 13.1. The van der Waals surface area contributed by atoms with Crippen molar-refractivity contribution in [2.45, 2.75) is 50.1 Å². The molecule has 1 saturated heterocycles. The number of benzene rings is 1. The lowest BCUT2D eigenvalue weighted by Gasteiger charge is -2.32. The molecule has 1 aliphatic rings. The number of nitrogens with zero attached hydrogens (tertiary/aromatic N) is 3. The molecular weight excluding hydrogens is 374 g/mol. The fourth-order valence-corrected chi connectivity index (χ4v) is 4.70. The Morgan fingerprint density at radius 1 is 1.29 bits per heavy atom. The summed E-state index contributed by atoms with van der Waals surface area (Å²) in [4.78, 5) is 32.7. The molecule has 2 aromatic rings. The van der Waals surface area contributed by atoms with Crippen LogP contribution in [0.25, 0.3) is 10.9 Å². The number of carbonyl (C=O) groups is 1. The van der Waals surface area contributed by atoms with E-state index in [1.165, 1.54) is 11.8 Å². The van der Waals surface area contributed by atoms with E-state index in [1.807, 2.05) is 36.9 Å². The largest absolute Gasteiger partial charge is 0.383 e. The van der Waals surface area contributed by atoms with Gasteiger partial charge in [0.2, 0.25) is 5.91 Å². The van der Waals surface area contributed by atoms with Gasteiger partial charge >= 0.3 is 0 Å². The first kappa shape index (κ1) is 20.9. The number of methoxy groups -OCH3 is 1. The molecule has 2 atom stereocenters. The molecule has 0 saturated carbocycles. The summed E-state index contributed by atoms with van der Waals surface area (Å²) in [5, 5.41) is 0.848. The van der Waals surface area contributed by atoms with Crippen LogP contribution in [0, 0.1) is 5.92 Å². The Kier molecular flexibility index (Phi) is 6.78. The van der Waals surface area contributed by atoms with Crippen molar-refractivity contribution in [3.05, 3.63) is 34.6 Å². The minimum absolute atomic E-state index is 0.0934. The van der Waals surface area contributed by atoms with Crippen LogP contribution in [-0.2, 0) is 9.53 Å². The number of likely N-dealkylation sites (tertiary alicyclic amines) is 1. The first-order valence-electron chi connectivity index (χ1n) is 9.88. The van der Waals surface area contributed by atoms with E-state index in [-0.39, 0.29) is 22.8 Å². The molecule has 1 aromatic heterocycles. The van der Waals surface area contributed by atoms with Gasteiger partial charge < -0.3 is 9.64 Å². The summed E-state index contributed by atoms with van der Waals surface area (Å²) >= 11 is 1.36. The first-order valence-corrected chi connectivity index (χ1v) is 10.8. The molecule has 1 aliphatic heterocycles. The van der Waals surface area contributed by atoms with Crippen LogP contribution in [0.1, 0.15) is 39.7 Å². The van der Waals surface area contributed by atoms with Crippen molar-refractivity contribution >= 4 is 28.6 Å². The fourth-order valence-electron chi connectivity index (χ4n) is 3.61. The molecule has 1 fully saturated rings. The van der Waals surface area contributed by atoms with E-state index in [0.717, 1.165) is 25.9 Å². The Morgan fingerprint density at radius 2 is 1.96 bits per heavy atom. The number of thioether (sulfide) groups is 1. The highest BCUT2D eigenvalue weighted by Gasteiger charge is 2.27. The highest BCUT2D eigenvalue weighted by molar-refractivity contribution is 8.00. The Labute approximate surface area is 170 Å². The van der Waals surface area contributed by atoms with Gasteiger partial charge in [-0.3, -0.25) is 14.2 Å². The van der Waals surface area contributed by atoms with Crippen molar-refractivity contribution in [2.75, 3.05) is 26.8 Å². The Hall–Kier alpha value is -1.86. The van der Waals surface area contributed by atoms with Crippen molar-refractivity contribution < 1.29 is 9.53 Å². The summed E-state index contributed by atoms with van der Waals surface area (Å²) in [6.07, 6.45) is 2.10. The molecule has 152 valence electrons. The number of rotatable bonds is 6. The van der Waals surface area contributed by atoms with Gasteiger partial charge in [0.05, 0.1) is 28.8 Å². The molecule has 0 N–H and O–H groups in total. The maximum atomic E-state index is 13.1. The first-order chi connectivity index (χ1) is 13.4. The van der Waals surface area contributed by atoms with Crippen LogP contribution in [0.3, 0.4) is 0 Å². The second-order valence-electron chi connectivity index (χ2n) is 7.66. The Morgan fingerprint density at radius 3 is 2.64 bits per heavy atom. The van der Waals surface area contributed by atoms with Gasteiger partial charge in [-0.2, -0.15) is 0 Å². The van der Waals surface area contributed by atoms with Gasteiger partial charge in [0.1, 0.15) is 0 Å². The Bertz CT molecular complexity index is 890. The smallest absolute Gasteiger partial charge is 0.262 e. The highest BCUT2D eigenvalue weighted by Crippen LogP contribution is 2.27. The van der Waals surface area contributed by atoms with Gasteiger partial charge in [-0.05, 0) is 44.7 Å². The van der Waals surface area contributed by atoms with Crippen molar-refractivity contribution in [1.29, 1.82) is 0 Å². The number of carbonyl (C=O) groups excluding carboxylic acids is 1. The zero-order valence-electron chi connectivity index (χ0n) is 17.1. The second kappa shape index (κ2) is 9.09. The molecule has 1 amide bonds. The predicted molar refractivity (Wildman–Crippen MR) is 113 cm³/mol. The SMILES string of the molecule is COCC(C)n1c(SC(C)C(=O)N2CCC(C)CC2)nc2ccccc2c1=O. The van der Waals surface area contributed by atoms with E-state index in [1.54, 1.807) is 17.7 Å². The topological polar surface area (TPSA) is 64.4 Å². The van der Waals surface area contributed by atoms with Crippen LogP contribution in [0.15, 0.2) is 34.2 Å². The molecule has 6 nitrogen and oxygen atoms in total. The van der Waals surface area contributed by atoms with Gasteiger partial charge in [-0.1, -0.05) is 30.8 Å². The molecule has 0 spiro atoms. The zero-order chi connectivity index (χ0) is 20.3. The van der Waals surface area contributed by atoms with E-state index in [2.05, 4.69) is 6.92 Å². The van der Waals surface area contributed by atoms with E-state index >= 15 is 0 Å². The van der Waals surface area contributed by atoms with Crippen molar-refractivity contribution in [3.63, 3.8) is 0 Å². The Balaban J connectivity index is 1.91. The summed E-state index contributed by atoms with van der Waals surface area (Å²) in [6.45, 7) is 8.09. The molecule has 28 heavy (non-hydrogen) atoms. The zero-order valence-corrected chi connectivity index (χ0v) is 17.9. The second-order valence-corrected chi connectivity index (χ2v) is 8.97. The van der Waals surface area contributed by atoms with Crippen molar-refractivity contribution in [3.8, 4) is 0 Å².